The number of halogens is 2. The third-order valence-electron chi connectivity index (χ3n) is 5.06. The molecule has 0 unspecified atom stereocenters. The number of carbonyl (C=O) groups is 2. The fourth-order valence-electron chi connectivity index (χ4n) is 3.33. The minimum atomic E-state index is -0.439. The van der Waals surface area contributed by atoms with Crippen molar-refractivity contribution in [3.8, 4) is 0 Å². The van der Waals surface area contributed by atoms with Gasteiger partial charge in [-0.1, -0.05) is 53.5 Å². The first-order chi connectivity index (χ1) is 16.5. The van der Waals surface area contributed by atoms with E-state index in [4.69, 9.17) is 32.4 Å². The zero-order valence-corrected chi connectivity index (χ0v) is 20.4. The smallest absolute Gasteiger partial charge is 0.322 e. The summed E-state index contributed by atoms with van der Waals surface area (Å²) in [6.45, 7) is 1.35. The zero-order chi connectivity index (χ0) is 24.3. The summed E-state index contributed by atoms with van der Waals surface area (Å²) in [5.74, 6) is 0.447. The normalized spacial score (nSPS) is 10.7. The Hall–Kier alpha value is -3.00. The van der Waals surface area contributed by atoms with Crippen LogP contribution in [0.25, 0.3) is 0 Å². The third kappa shape index (κ3) is 7.80. The number of methoxy groups -OCH3 is 1. The molecule has 2 aromatic carbocycles. The number of anilines is 1. The number of hydrogen-bond donors (Lipinski definition) is 1. The van der Waals surface area contributed by atoms with Crippen molar-refractivity contribution in [1.29, 1.82) is 0 Å². The van der Waals surface area contributed by atoms with Crippen molar-refractivity contribution in [1.82, 2.24) is 9.80 Å². The molecule has 0 aliphatic carbocycles. The van der Waals surface area contributed by atoms with Gasteiger partial charge in [-0.2, -0.15) is 0 Å². The maximum Gasteiger partial charge on any atom is 0.322 e. The van der Waals surface area contributed by atoms with Gasteiger partial charge in [-0.15, -0.1) is 0 Å². The second-order valence-electron chi connectivity index (χ2n) is 7.64. The number of urea groups is 1. The van der Waals surface area contributed by atoms with E-state index < -0.39 is 6.03 Å². The van der Waals surface area contributed by atoms with Crippen molar-refractivity contribution >= 4 is 40.8 Å². The van der Waals surface area contributed by atoms with Gasteiger partial charge in [-0.3, -0.25) is 4.79 Å². The molecule has 3 amide bonds. The van der Waals surface area contributed by atoms with Crippen LogP contribution in [0.5, 0.6) is 0 Å². The van der Waals surface area contributed by atoms with Gasteiger partial charge in [0.2, 0.25) is 5.91 Å². The Morgan fingerprint density at radius 1 is 1.00 bits per heavy atom. The quantitative estimate of drug-likeness (QED) is 0.341. The molecule has 0 fully saturated rings. The molecule has 1 heterocycles. The minimum absolute atomic E-state index is 0.117. The Labute approximate surface area is 209 Å². The van der Waals surface area contributed by atoms with E-state index in [0.717, 1.165) is 5.56 Å². The molecule has 1 N–H and O–H groups in total. The van der Waals surface area contributed by atoms with E-state index in [0.29, 0.717) is 47.6 Å². The Morgan fingerprint density at radius 3 is 2.47 bits per heavy atom. The van der Waals surface area contributed by atoms with Gasteiger partial charge in [-0.25, -0.2) is 4.79 Å². The highest BCUT2D eigenvalue weighted by Crippen LogP contribution is 2.25. The van der Waals surface area contributed by atoms with Crippen molar-refractivity contribution in [2.75, 3.05) is 32.1 Å². The molecule has 0 saturated carbocycles. The third-order valence-corrected chi connectivity index (χ3v) is 5.61. The average Bonchev–Trinajstić information content (AvgIpc) is 3.33. The number of hydrogen-bond acceptors (Lipinski definition) is 4. The van der Waals surface area contributed by atoms with Crippen LogP contribution >= 0.6 is 23.2 Å². The first kappa shape index (κ1) is 25.6. The molecular formula is C25H27Cl2N3O4. The molecule has 3 aromatic rings. The number of ether oxygens (including phenoxy) is 1. The summed E-state index contributed by atoms with van der Waals surface area (Å²) >= 11 is 12.2. The van der Waals surface area contributed by atoms with Gasteiger partial charge in [0, 0.05) is 31.8 Å². The minimum Gasteiger partial charge on any atom is -0.467 e. The SMILES string of the molecule is COCCCN(CC(=O)N(Cc1ccccc1)Cc1ccco1)C(=O)Nc1ccc(Cl)cc1Cl. The molecule has 9 heteroatoms. The van der Waals surface area contributed by atoms with Crippen LogP contribution in [-0.2, 0) is 22.6 Å². The first-order valence-corrected chi connectivity index (χ1v) is 11.6. The molecule has 34 heavy (non-hydrogen) atoms. The molecule has 0 atom stereocenters. The highest BCUT2D eigenvalue weighted by atomic mass is 35.5. The van der Waals surface area contributed by atoms with E-state index in [1.165, 1.54) is 4.90 Å². The number of amides is 3. The van der Waals surface area contributed by atoms with Crippen LogP contribution in [0.1, 0.15) is 17.7 Å². The highest BCUT2D eigenvalue weighted by Gasteiger charge is 2.23. The van der Waals surface area contributed by atoms with Gasteiger partial charge in [-0.05, 0) is 42.3 Å². The number of rotatable bonds is 11. The van der Waals surface area contributed by atoms with Crippen LogP contribution in [0.3, 0.4) is 0 Å². The predicted octanol–water partition coefficient (Wildman–Crippen LogP) is 5.69. The molecule has 0 saturated heterocycles. The van der Waals surface area contributed by atoms with E-state index >= 15 is 0 Å². The molecule has 180 valence electrons. The largest absolute Gasteiger partial charge is 0.467 e. The van der Waals surface area contributed by atoms with Crippen molar-refractivity contribution < 1.29 is 18.7 Å². The average molecular weight is 504 g/mol. The van der Waals surface area contributed by atoms with Crippen LogP contribution < -0.4 is 5.32 Å². The van der Waals surface area contributed by atoms with Crippen molar-refractivity contribution in [3.05, 3.63) is 88.3 Å². The van der Waals surface area contributed by atoms with E-state index in [9.17, 15) is 9.59 Å². The molecular weight excluding hydrogens is 477 g/mol. The highest BCUT2D eigenvalue weighted by molar-refractivity contribution is 6.36. The Kier molecular flexibility index (Phi) is 9.82. The number of benzene rings is 2. The van der Waals surface area contributed by atoms with Crippen LogP contribution in [0.2, 0.25) is 10.0 Å². The molecule has 0 radical (unpaired) electrons. The maximum atomic E-state index is 13.4. The molecule has 7 nitrogen and oxygen atoms in total. The van der Waals surface area contributed by atoms with Gasteiger partial charge < -0.3 is 24.3 Å². The van der Waals surface area contributed by atoms with E-state index in [1.54, 1.807) is 42.5 Å². The van der Waals surface area contributed by atoms with E-state index in [-0.39, 0.29) is 19.0 Å². The van der Waals surface area contributed by atoms with Gasteiger partial charge in [0.1, 0.15) is 12.3 Å². The van der Waals surface area contributed by atoms with Gasteiger partial charge >= 0.3 is 6.03 Å². The first-order valence-electron chi connectivity index (χ1n) is 10.8. The summed E-state index contributed by atoms with van der Waals surface area (Å²) < 4.78 is 10.6. The van der Waals surface area contributed by atoms with Crippen LogP contribution in [0.15, 0.2) is 71.3 Å². The molecule has 0 aliphatic heterocycles. The van der Waals surface area contributed by atoms with Crippen LogP contribution in [0.4, 0.5) is 10.5 Å². The van der Waals surface area contributed by atoms with Gasteiger partial charge in [0.05, 0.1) is 23.5 Å². The summed E-state index contributed by atoms with van der Waals surface area (Å²) in [6, 6.07) is 17.6. The molecule has 0 aliphatic rings. The summed E-state index contributed by atoms with van der Waals surface area (Å²) in [4.78, 5) is 29.6. The summed E-state index contributed by atoms with van der Waals surface area (Å²) in [7, 11) is 1.59. The second kappa shape index (κ2) is 13.0. The molecule has 0 bridgehead atoms. The number of nitrogens with zero attached hydrogens (tertiary/aromatic N) is 2. The fraction of sp³-hybridized carbons (Fsp3) is 0.280. The Bertz CT molecular complexity index is 1060. The maximum absolute atomic E-state index is 13.4. The lowest BCUT2D eigenvalue weighted by Crippen LogP contribution is -2.44. The number of nitrogens with one attached hydrogen (secondary N) is 1. The van der Waals surface area contributed by atoms with E-state index in [1.807, 2.05) is 36.4 Å². The lowest BCUT2D eigenvalue weighted by molar-refractivity contribution is -0.133. The van der Waals surface area contributed by atoms with Crippen molar-refractivity contribution in [2.45, 2.75) is 19.5 Å². The van der Waals surface area contributed by atoms with Crippen LogP contribution in [-0.4, -0.2) is 48.5 Å². The van der Waals surface area contributed by atoms with E-state index in [2.05, 4.69) is 5.32 Å². The second-order valence-corrected chi connectivity index (χ2v) is 8.48. The molecule has 3 rings (SSSR count). The number of carbonyl (C=O) groups excluding carboxylic acids is 2. The zero-order valence-electron chi connectivity index (χ0n) is 18.9. The fourth-order valence-corrected chi connectivity index (χ4v) is 3.78. The summed E-state index contributed by atoms with van der Waals surface area (Å²) in [5, 5.41) is 3.55. The lowest BCUT2D eigenvalue weighted by Gasteiger charge is -2.27. The topological polar surface area (TPSA) is 75.0 Å². The standard InChI is InChI=1S/C25H27Cl2N3O4/c1-33-13-6-12-29(25(32)28-23-11-10-20(26)15-22(23)27)18-24(31)30(17-21-9-5-14-34-21)16-19-7-3-2-4-8-19/h2-5,7-11,14-15H,6,12-13,16-18H2,1H3,(H,28,32). The van der Waals surface area contributed by atoms with Crippen LogP contribution in [0, 0.1) is 0 Å². The number of furan rings is 1. The van der Waals surface area contributed by atoms with Crippen molar-refractivity contribution in [3.63, 3.8) is 0 Å². The van der Waals surface area contributed by atoms with Gasteiger partial charge in [0.15, 0.2) is 0 Å². The summed E-state index contributed by atoms with van der Waals surface area (Å²) in [5.41, 5.74) is 1.39. The summed E-state index contributed by atoms with van der Waals surface area (Å²) in [6.07, 6.45) is 2.14. The molecule has 0 spiro atoms. The Morgan fingerprint density at radius 2 is 1.79 bits per heavy atom. The molecule has 1 aromatic heterocycles. The lowest BCUT2D eigenvalue weighted by atomic mass is 10.2. The van der Waals surface area contributed by atoms with Gasteiger partial charge in [0.25, 0.3) is 0 Å². The predicted molar refractivity (Wildman–Crippen MR) is 133 cm³/mol. The Balaban J connectivity index is 1.75. The monoisotopic (exact) mass is 503 g/mol. The van der Waals surface area contributed by atoms with Crippen molar-refractivity contribution in [2.24, 2.45) is 0 Å².